The first-order chi connectivity index (χ1) is 8.60. The Morgan fingerprint density at radius 3 is 2.72 bits per heavy atom. The molecule has 1 aromatic carbocycles. The molecule has 1 aromatic rings. The van der Waals surface area contributed by atoms with E-state index in [0.717, 1.165) is 38.2 Å². The summed E-state index contributed by atoms with van der Waals surface area (Å²) in [4.78, 5) is 2.28. The zero-order valence-corrected chi connectivity index (χ0v) is 12.6. The lowest BCUT2D eigenvalue weighted by molar-refractivity contribution is 0.277. The molecule has 100 valence electrons. The number of halogens is 2. The Morgan fingerprint density at radius 2 is 2.11 bits per heavy atom. The summed E-state index contributed by atoms with van der Waals surface area (Å²) in [6, 6.07) is 5.38. The van der Waals surface area contributed by atoms with Gasteiger partial charge in [0, 0.05) is 30.9 Å². The van der Waals surface area contributed by atoms with E-state index in [2.05, 4.69) is 40.0 Å². The minimum absolute atomic E-state index is 0.168. The third-order valence-corrected chi connectivity index (χ3v) is 4.64. The van der Waals surface area contributed by atoms with Gasteiger partial charge < -0.3 is 10.2 Å². The van der Waals surface area contributed by atoms with Crippen molar-refractivity contribution in [1.82, 2.24) is 5.32 Å². The van der Waals surface area contributed by atoms with Crippen molar-refractivity contribution in [2.45, 2.75) is 32.2 Å². The zero-order chi connectivity index (χ0) is 13.2. The van der Waals surface area contributed by atoms with Crippen LogP contribution in [0.2, 0.25) is 0 Å². The summed E-state index contributed by atoms with van der Waals surface area (Å²) in [5, 5.41) is 3.61. The SMILES string of the molecule is CCC1(CC)CN(c2ccc(Br)c(F)c2)CCN1. The van der Waals surface area contributed by atoms with E-state index in [1.54, 1.807) is 12.1 Å². The second kappa shape index (κ2) is 5.57. The third-order valence-electron chi connectivity index (χ3n) is 4.00. The van der Waals surface area contributed by atoms with Crippen LogP contribution < -0.4 is 10.2 Å². The van der Waals surface area contributed by atoms with Gasteiger partial charge in [-0.05, 0) is 47.0 Å². The molecule has 18 heavy (non-hydrogen) atoms. The van der Waals surface area contributed by atoms with Gasteiger partial charge in [-0.25, -0.2) is 4.39 Å². The van der Waals surface area contributed by atoms with Gasteiger partial charge in [-0.1, -0.05) is 13.8 Å². The van der Waals surface area contributed by atoms with E-state index >= 15 is 0 Å². The van der Waals surface area contributed by atoms with E-state index < -0.39 is 0 Å². The minimum Gasteiger partial charge on any atom is -0.368 e. The lowest BCUT2D eigenvalue weighted by Crippen LogP contribution is -2.60. The van der Waals surface area contributed by atoms with Crippen LogP contribution in [0.5, 0.6) is 0 Å². The first-order valence-electron chi connectivity index (χ1n) is 6.55. The fourth-order valence-electron chi connectivity index (χ4n) is 2.58. The van der Waals surface area contributed by atoms with Crippen molar-refractivity contribution in [2.24, 2.45) is 0 Å². The second-order valence-corrected chi connectivity index (χ2v) is 5.79. The summed E-state index contributed by atoms with van der Waals surface area (Å²) in [5.41, 5.74) is 1.14. The van der Waals surface area contributed by atoms with Crippen LogP contribution in [-0.2, 0) is 0 Å². The van der Waals surface area contributed by atoms with Crippen molar-refractivity contribution in [3.63, 3.8) is 0 Å². The molecule has 0 bridgehead atoms. The number of hydrogen-bond acceptors (Lipinski definition) is 2. The summed E-state index contributed by atoms with van der Waals surface area (Å²) in [5.74, 6) is -0.190. The zero-order valence-electron chi connectivity index (χ0n) is 11.0. The summed E-state index contributed by atoms with van der Waals surface area (Å²) in [6.45, 7) is 7.26. The van der Waals surface area contributed by atoms with E-state index in [-0.39, 0.29) is 11.4 Å². The van der Waals surface area contributed by atoms with Gasteiger partial charge in [0.1, 0.15) is 5.82 Å². The number of hydrogen-bond donors (Lipinski definition) is 1. The Bertz CT molecular complexity index is 418. The highest BCUT2D eigenvalue weighted by Crippen LogP contribution is 2.27. The molecule has 1 heterocycles. The van der Waals surface area contributed by atoms with E-state index in [0.29, 0.717) is 4.47 Å². The highest BCUT2D eigenvalue weighted by atomic mass is 79.9. The molecule has 0 radical (unpaired) electrons. The third kappa shape index (κ3) is 2.69. The van der Waals surface area contributed by atoms with Gasteiger partial charge in [0.05, 0.1) is 4.47 Å². The Balaban J connectivity index is 2.20. The monoisotopic (exact) mass is 314 g/mol. The largest absolute Gasteiger partial charge is 0.368 e. The molecule has 0 amide bonds. The summed E-state index contributed by atoms with van der Waals surface area (Å²) in [6.07, 6.45) is 2.19. The molecule has 1 saturated heterocycles. The van der Waals surface area contributed by atoms with Crippen molar-refractivity contribution in [3.05, 3.63) is 28.5 Å². The van der Waals surface area contributed by atoms with Gasteiger partial charge in [0.15, 0.2) is 0 Å². The van der Waals surface area contributed by atoms with Gasteiger partial charge in [-0.2, -0.15) is 0 Å². The van der Waals surface area contributed by atoms with E-state index in [1.807, 2.05) is 6.07 Å². The lowest BCUT2D eigenvalue weighted by atomic mass is 9.90. The molecule has 4 heteroatoms. The predicted octanol–water partition coefficient (Wildman–Crippen LogP) is 3.56. The van der Waals surface area contributed by atoms with Crippen molar-refractivity contribution in [3.8, 4) is 0 Å². The fourth-order valence-corrected chi connectivity index (χ4v) is 2.83. The molecule has 1 aliphatic heterocycles. The molecule has 0 atom stereocenters. The first-order valence-corrected chi connectivity index (χ1v) is 7.34. The topological polar surface area (TPSA) is 15.3 Å². The molecule has 1 N–H and O–H groups in total. The molecule has 0 aliphatic carbocycles. The molecule has 1 aliphatic rings. The van der Waals surface area contributed by atoms with Crippen molar-refractivity contribution < 1.29 is 4.39 Å². The molecule has 0 unspecified atom stereocenters. The molecule has 0 aromatic heterocycles. The van der Waals surface area contributed by atoms with Crippen LogP contribution in [0.15, 0.2) is 22.7 Å². The number of anilines is 1. The Morgan fingerprint density at radius 1 is 1.39 bits per heavy atom. The highest BCUT2D eigenvalue weighted by Gasteiger charge is 2.31. The van der Waals surface area contributed by atoms with Crippen molar-refractivity contribution in [1.29, 1.82) is 0 Å². The van der Waals surface area contributed by atoms with E-state index in [9.17, 15) is 4.39 Å². The summed E-state index contributed by atoms with van der Waals surface area (Å²) >= 11 is 3.20. The molecule has 0 saturated carbocycles. The van der Waals surface area contributed by atoms with Crippen molar-refractivity contribution in [2.75, 3.05) is 24.5 Å². The second-order valence-electron chi connectivity index (χ2n) is 4.93. The van der Waals surface area contributed by atoms with Crippen LogP contribution in [0.25, 0.3) is 0 Å². The Labute approximate surface area is 117 Å². The van der Waals surface area contributed by atoms with Crippen LogP contribution >= 0.6 is 15.9 Å². The van der Waals surface area contributed by atoms with Gasteiger partial charge in [-0.15, -0.1) is 0 Å². The normalized spacial score (nSPS) is 19.0. The van der Waals surface area contributed by atoms with Gasteiger partial charge in [0.2, 0.25) is 0 Å². The van der Waals surface area contributed by atoms with Crippen molar-refractivity contribution >= 4 is 21.6 Å². The average Bonchev–Trinajstić information content (AvgIpc) is 2.42. The van der Waals surface area contributed by atoms with E-state index in [1.165, 1.54) is 0 Å². The first kappa shape index (κ1) is 13.8. The van der Waals surface area contributed by atoms with Gasteiger partial charge in [0.25, 0.3) is 0 Å². The Hall–Kier alpha value is -0.610. The fraction of sp³-hybridized carbons (Fsp3) is 0.571. The maximum atomic E-state index is 13.6. The molecular weight excluding hydrogens is 295 g/mol. The number of nitrogens with one attached hydrogen (secondary N) is 1. The smallest absolute Gasteiger partial charge is 0.139 e. The summed E-state index contributed by atoms with van der Waals surface area (Å²) in [7, 11) is 0. The lowest BCUT2D eigenvalue weighted by Gasteiger charge is -2.44. The molecule has 2 rings (SSSR count). The molecule has 0 spiro atoms. The number of piperazine rings is 1. The van der Waals surface area contributed by atoms with Crippen LogP contribution in [0.1, 0.15) is 26.7 Å². The van der Waals surface area contributed by atoms with Crippen LogP contribution in [0, 0.1) is 5.82 Å². The number of benzene rings is 1. The van der Waals surface area contributed by atoms with Gasteiger partial charge >= 0.3 is 0 Å². The van der Waals surface area contributed by atoms with Crippen LogP contribution in [-0.4, -0.2) is 25.2 Å². The maximum Gasteiger partial charge on any atom is 0.139 e. The van der Waals surface area contributed by atoms with Crippen LogP contribution in [0.4, 0.5) is 10.1 Å². The van der Waals surface area contributed by atoms with Gasteiger partial charge in [-0.3, -0.25) is 0 Å². The maximum absolute atomic E-state index is 13.6. The molecule has 1 fully saturated rings. The average molecular weight is 315 g/mol. The number of rotatable bonds is 3. The van der Waals surface area contributed by atoms with Crippen LogP contribution in [0.3, 0.4) is 0 Å². The minimum atomic E-state index is -0.190. The predicted molar refractivity (Wildman–Crippen MR) is 77.6 cm³/mol. The van der Waals surface area contributed by atoms with E-state index in [4.69, 9.17) is 0 Å². The molecular formula is C14H20BrFN2. The Kier molecular flexibility index (Phi) is 4.28. The summed E-state index contributed by atoms with van der Waals surface area (Å²) < 4.78 is 14.1. The highest BCUT2D eigenvalue weighted by molar-refractivity contribution is 9.10. The standard InChI is InChI=1S/C14H20BrFN2/c1-3-14(4-2)10-18(8-7-17-14)11-5-6-12(15)13(16)9-11/h5-6,9,17H,3-4,7-8,10H2,1-2H3. The quantitative estimate of drug-likeness (QED) is 0.917. The molecule has 2 nitrogen and oxygen atoms in total. The number of nitrogens with zero attached hydrogens (tertiary/aromatic N) is 1.